The van der Waals surface area contributed by atoms with Crippen LogP contribution in [0.4, 0.5) is 0 Å². The van der Waals surface area contributed by atoms with Gasteiger partial charge in [0.1, 0.15) is 23.9 Å². The molecule has 176 valence electrons. The van der Waals surface area contributed by atoms with Crippen molar-refractivity contribution in [2.24, 2.45) is 0 Å². The summed E-state index contributed by atoms with van der Waals surface area (Å²) in [5.41, 5.74) is 3.03. The minimum absolute atomic E-state index is 0.0518. The van der Waals surface area contributed by atoms with Crippen molar-refractivity contribution in [3.05, 3.63) is 58.3 Å². The first-order valence-electron chi connectivity index (χ1n) is 11.3. The molecule has 1 aliphatic carbocycles. The molecule has 7 heteroatoms. The molecule has 3 aromatic rings. The Morgan fingerprint density at radius 2 is 1.71 bits per heavy atom. The summed E-state index contributed by atoms with van der Waals surface area (Å²) in [5, 5.41) is 1.69. The summed E-state index contributed by atoms with van der Waals surface area (Å²) in [6.45, 7) is 6.21. The summed E-state index contributed by atoms with van der Waals surface area (Å²) in [4.78, 5) is 50.8. The number of furan rings is 1. The Kier molecular flexibility index (Phi) is 6.48. The van der Waals surface area contributed by atoms with E-state index in [1.807, 2.05) is 49.2 Å². The number of aryl methyl sites for hydroxylation is 1. The van der Waals surface area contributed by atoms with Crippen molar-refractivity contribution >= 4 is 34.1 Å². The smallest absolute Gasteiger partial charge is 0.306 e. The number of rotatable bonds is 8. The van der Waals surface area contributed by atoms with Crippen LogP contribution in [0.2, 0.25) is 0 Å². The fraction of sp³-hybridized carbons (Fsp3) is 0.333. The monoisotopic (exact) mass is 461 g/mol. The van der Waals surface area contributed by atoms with Crippen molar-refractivity contribution in [1.82, 2.24) is 4.90 Å². The molecule has 0 saturated carbocycles. The van der Waals surface area contributed by atoms with Crippen molar-refractivity contribution in [2.45, 2.75) is 40.2 Å². The molecule has 0 spiro atoms. The van der Waals surface area contributed by atoms with Gasteiger partial charge in [0.05, 0.1) is 18.5 Å². The quantitative estimate of drug-likeness (QED) is 0.362. The molecule has 0 fully saturated rings. The zero-order chi connectivity index (χ0) is 24.6. The summed E-state index contributed by atoms with van der Waals surface area (Å²) >= 11 is 0. The molecule has 1 heterocycles. The highest BCUT2D eigenvalue weighted by Gasteiger charge is 2.37. The van der Waals surface area contributed by atoms with Crippen LogP contribution in [0.1, 0.15) is 57.4 Å². The number of nitrogens with zero attached hydrogens (tertiary/aromatic N) is 1. The van der Waals surface area contributed by atoms with Gasteiger partial charge in [-0.3, -0.25) is 19.3 Å². The van der Waals surface area contributed by atoms with E-state index in [2.05, 4.69) is 0 Å². The molecule has 0 unspecified atom stereocenters. The van der Waals surface area contributed by atoms with Crippen LogP contribution in [0.3, 0.4) is 0 Å². The molecule has 7 nitrogen and oxygen atoms in total. The fourth-order valence-electron chi connectivity index (χ4n) is 4.34. The van der Waals surface area contributed by atoms with Crippen LogP contribution < -0.4 is 0 Å². The van der Waals surface area contributed by atoms with E-state index in [1.54, 1.807) is 6.92 Å². The van der Waals surface area contributed by atoms with Crippen LogP contribution in [0, 0.1) is 13.8 Å². The Hall–Kier alpha value is -3.58. The minimum Gasteiger partial charge on any atom is -0.464 e. The molecule has 4 rings (SSSR count). The van der Waals surface area contributed by atoms with Gasteiger partial charge >= 0.3 is 5.97 Å². The number of ether oxygens (including phenoxy) is 1. The number of ketones is 3. The van der Waals surface area contributed by atoms with Crippen molar-refractivity contribution in [3.8, 4) is 11.3 Å². The average Bonchev–Trinajstić information content (AvgIpc) is 3.11. The van der Waals surface area contributed by atoms with Gasteiger partial charge in [0.2, 0.25) is 11.6 Å². The third-order valence-corrected chi connectivity index (χ3v) is 6.26. The highest BCUT2D eigenvalue weighted by atomic mass is 16.5. The SMILES string of the molecule is CC(=O)CCC(=O)OCCN(C)Cc1oc2c(c1C)C(=O)C(=O)c1c-2ccc2c(C)cccc12. The molecule has 0 saturated heterocycles. The van der Waals surface area contributed by atoms with Crippen LogP contribution >= 0.6 is 0 Å². The molecule has 0 radical (unpaired) electrons. The van der Waals surface area contributed by atoms with Crippen molar-refractivity contribution in [1.29, 1.82) is 0 Å². The van der Waals surface area contributed by atoms with E-state index in [-0.39, 0.29) is 25.2 Å². The minimum atomic E-state index is -0.550. The van der Waals surface area contributed by atoms with Crippen LogP contribution in [0.15, 0.2) is 34.7 Å². The molecule has 0 aliphatic heterocycles. The third kappa shape index (κ3) is 4.31. The first-order chi connectivity index (χ1) is 16.2. The topological polar surface area (TPSA) is 93.9 Å². The Bertz CT molecular complexity index is 1330. The second kappa shape index (κ2) is 9.35. The molecule has 2 aromatic carbocycles. The Labute approximate surface area is 197 Å². The first-order valence-corrected chi connectivity index (χ1v) is 11.3. The highest BCUT2D eigenvalue weighted by Crippen LogP contribution is 2.41. The van der Waals surface area contributed by atoms with Gasteiger partial charge in [-0.15, -0.1) is 0 Å². The van der Waals surface area contributed by atoms with E-state index in [0.717, 1.165) is 16.3 Å². The lowest BCUT2D eigenvalue weighted by Gasteiger charge is -2.16. The lowest BCUT2D eigenvalue weighted by Crippen LogP contribution is -2.24. The van der Waals surface area contributed by atoms with Crippen molar-refractivity contribution < 1.29 is 28.3 Å². The summed E-state index contributed by atoms with van der Waals surface area (Å²) in [6, 6.07) is 9.53. The number of likely N-dealkylation sites (N-methyl/N-ethyl adjacent to an activating group) is 1. The largest absolute Gasteiger partial charge is 0.464 e. The van der Waals surface area contributed by atoms with Crippen molar-refractivity contribution in [3.63, 3.8) is 0 Å². The molecular formula is C27H27NO6. The predicted molar refractivity (Wildman–Crippen MR) is 127 cm³/mol. The predicted octanol–water partition coefficient (Wildman–Crippen LogP) is 4.44. The summed E-state index contributed by atoms with van der Waals surface area (Å²) in [5.74, 6) is -0.500. The van der Waals surface area contributed by atoms with Gasteiger partial charge in [-0.05, 0) is 50.2 Å². The number of benzene rings is 2. The Morgan fingerprint density at radius 1 is 0.971 bits per heavy atom. The Morgan fingerprint density at radius 3 is 2.44 bits per heavy atom. The standard InChI is InChI=1S/C27H27NO6/c1-15-6-5-7-19-18(15)9-10-20-24(19)26(32)25(31)23-17(3)21(34-27(20)23)14-28(4)12-13-33-22(30)11-8-16(2)29/h5-7,9-10H,8,11-14H2,1-4H3. The summed E-state index contributed by atoms with van der Waals surface area (Å²) in [6.07, 6.45) is 0.252. The summed E-state index contributed by atoms with van der Waals surface area (Å²) < 4.78 is 11.3. The van der Waals surface area contributed by atoms with E-state index in [1.165, 1.54) is 6.92 Å². The number of esters is 1. The van der Waals surface area contributed by atoms with Crippen LogP contribution in [-0.4, -0.2) is 48.4 Å². The van der Waals surface area contributed by atoms with E-state index in [9.17, 15) is 19.2 Å². The summed E-state index contributed by atoms with van der Waals surface area (Å²) in [7, 11) is 1.85. The van der Waals surface area contributed by atoms with Gasteiger partial charge in [0.15, 0.2) is 0 Å². The molecule has 0 atom stereocenters. The maximum absolute atomic E-state index is 13.1. The molecule has 0 N–H and O–H groups in total. The van der Waals surface area contributed by atoms with Gasteiger partial charge in [-0.25, -0.2) is 0 Å². The second-order valence-electron chi connectivity index (χ2n) is 8.83. The maximum atomic E-state index is 13.1. The molecular weight excluding hydrogens is 434 g/mol. The van der Waals surface area contributed by atoms with Gasteiger partial charge in [0, 0.05) is 29.7 Å². The zero-order valence-corrected chi connectivity index (χ0v) is 19.8. The first kappa shape index (κ1) is 23.6. The Balaban J connectivity index is 1.56. The number of hydrogen-bond acceptors (Lipinski definition) is 7. The van der Waals surface area contributed by atoms with Gasteiger partial charge in [0.25, 0.3) is 0 Å². The normalized spacial score (nSPS) is 12.7. The number of carbonyl (C=O) groups is 4. The molecule has 1 aliphatic rings. The van der Waals surface area contributed by atoms with E-state index in [4.69, 9.17) is 9.15 Å². The number of fused-ring (bicyclic) bond motifs is 5. The van der Waals surface area contributed by atoms with Crippen LogP contribution in [0.5, 0.6) is 0 Å². The van der Waals surface area contributed by atoms with Gasteiger partial charge in [-0.2, -0.15) is 0 Å². The lowest BCUT2D eigenvalue weighted by atomic mass is 9.83. The van der Waals surface area contributed by atoms with Crippen molar-refractivity contribution in [2.75, 3.05) is 20.2 Å². The van der Waals surface area contributed by atoms with Crippen LogP contribution in [0.25, 0.3) is 22.1 Å². The van der Waals surface area contributed by atoms with E-state index < -0.39 is 17.5 Å². The average molecular weight is 462 g/mol. The molecule has 34 heavy (non-hydrogen) atoms. The maximum Gasteiger partial charge on any atom is 0.306 e. The van der Waals surface area contributed by atoms with E-state index in [0.29, 0.717) is 46.9 Å². The highest BCUT2D eigenvalue weighted by molar-refractivity contribution is 6.54. The van der Waals surface area contributed by atoms with Crippen LogP contribution in [-0.2, 0) is 20.9 Å². The third-order valence-electron chi connectivity index (χ3n) is 6.26. The van der Waals surface area contributed by atoms with Gasteiger partial charge in [-0.1, -0.05) is 24.3 Å². The number of Topliss-reactive ketones (excluding diaryl/α,β-unsaturated/α-hetero) is 3. The zero-order valence-electron chi connectivity index (χ0n) is 19.8. The molecule has 1 aromatic heterocycles. The fourth-order valence-corrected chi connectivity index (χ4v) is 4.34. The number of carbonyl (C=O) groups excluding carboxylic acids is 4. The molecule has 0 amide bonds. The van der Waals surface area contributed by atoms with E-state index >= 15 is 0 Å². The molecule has 0 bridgehead atoms. The number of hydrogen-bond donors (Lipinski definition) is 0. The lowest BCUT2D eigenvalue weighted by molar-refractivity contribution is -0.145. The second-order valence-corrected chi connectivity index (χ2v) is 8.83. The van der Waals surface area contributed by atoms with Gasteiger partial charge < -0.3 is 13.9 Å².